The van der Waals surface area contributed by atoms with Gasteiger partial charge in [-0.25, -0.2) is 0 Å². The number of rotatable bonds is 10. The number of esters is 4. The Balaban J connectivity index is 2.84. The van der Waals surface area contributed by atoms with Crippen molar-refractivity contribution in [1.29, 1.82) is 0 Å². The standard InChI is InChI=1S/C20H27NO8/c1-5-18(23)28-16-8-7-14(10-17(16)29-19(24)6-2)9-15(21)20(25)27-12(3)11-26-13(4)22/h7-8,10,12,15H,5-6,9,11,21H2,1-4H3/t12-,15+/m1/s1. The van der Waals surface area contributed by atoms with Gasteiger partial charge in [-0.15, -0.1) is 0 Å². The highest BCUT2D eigenvalue weighted by molar-refractivity contribution is 5.77. The van der Waals surface area contributed by atoms with Crippen molar-refractivity contribution in [2.75, 3.05) is 6.61 Å². The molecule has 0 aliphatic rings. The van der Waals surface area contributed by atoms with Crippen LogP contribution in [-0.4, -0.2) is 42.6 Å². The molecule has 0 aromatic heterocycles. The molecule has 29 heavy (non-hydrogen) atoms. The second kappa shape index (κ2) is 11.8. The van der Waals surface area contributed by atoms with Gasteiger partial charge in [0, 0.05) is 19.8 Å². The molecule has 0 aliphatic heterocycles. The van der Waals surface area contributed by atoms with E-state index in [1.807, 2.05) is 0 Å². The van der Waals surface area contributed by atoms with E-state index in [9.17, 15) is 19.2 Å². The number of nitrogens with two attached hydrogens (primary N) is 1. The predicted octanol–water partition coefficient (Wildman–Crippen LogP) is 1.68. The highest BCUT2D eigenvalue weighted by atomic mass is 16.6. The summed E-state index contributed by atoms with van der Waals surface area (Å²) in [6.07, 6.45) is -0.255. The van der Waals surface area contributed by atoms with Crippen LogP contribution in [0.1, 0.15) is 46.1 Å². The van der Waals surface area contributed by atoms with Crippen molar-refractivity contribution in [3.8, 4) is 11.5 Å². The maximum Gasteiger partial charge on any atom is 0.323 e. The van der Waals surface area contributed by atoms with E-state index in [1.165, 1.54) is 19.1 Å². The predicted molar refractivity (Wildman–Crippen MR) is 102 cm³/mol. The van der Waals surface area contributed by atoms with Gasteiger partial charge in [0.05, 0.1) is 0 Å². The Bertz CT molecular complexity index is 746. The Labute approximate surface area is 169 Å². The highest BCUT2D eigenvalue weighted by Gasteiger charge is 2.21. The summed E-state index contributed by atoms with van der Waals surface area (Å²) >= 11 is 0. The van der Waals surface area contributed by atoms with Gasteiger partial charge in [-0.3, -0.25) is 19.2 Å². The molecule has 0 saturated heterocycles. The van der Waals surface area contributed by atoms with Crippen molar-refractivity contribution in [2.24, 2.45) is 5.73 Å². The first-order valence-corrected chi connectivity index (χ1v) is 9.29. The Hall–Kier alpha value is -2.94. The van der Waals surface area contributed by atoms with Crippen molar-refractivity contribution < 1.29 is 38.1 Å². The monoisotopic (exact) mass is 409 g/mol. The molecule has 0 saturated carbocycles. The van der Waals surface area contributed by atoms with Crippen molar-refractivity contribution in [1.82, 2.24) is 0 Å². The molecule has 0 fully saturated rings. The molecule has 0 amide bonds. The first-order valence-electron chi connectivity index (χ1n) is 9.29. The van der Waals surface area contributed by atoms with Crippen LogP contribution in [0.5, 0.6) is 11.5 Å². The number of hydrogen-bond acceptors (Lipinski definition) is 9. The fourth-order valence-corrected chi connectivity index (χ4v) is 2.12. The van der Waals surface area contributed by atoms with E-state index in [4.69, 9.17) is 24.7 Å². The van der Waals surface area contributed by atoms with Crippen molar-refractivity contribution in [3.05, 3.63) is 23.8 Å². The fraction of sp³-hybridized carbons (Fsp3) is 0.500. The molecule has 9 heteroatoms. The first-order chi connectivity index (χ1) is 13.7. The smallest absolute Gasteiger partial charge is 0.323 e. The normalized spacial score (nSPS) is 12.4. The quantitative estimate of drug-likeness (QED) is 0.453. The van der Waals surface area contributed by atoms with E-state index in [0.29, 0.717) is 5.56 Å². The van der Waals surface area contributed by atoms with Gasteiger partial charge in [-0.05, 0) is 31.0 Å². The van der Waals surface area contributed by atoms with Crippen molar-refractivity contribution in [3.63, 3.8) is 0 Å². The number of carbonyl (C=O) groups is 4. The molecular weight excluding hydrogens is 382 g/mol. The lowest BCUT2D eigenvalue weighted by atomic mass is 10.1. The average molecular weight is 409 g/mol. The topological polar surface area (TPSA) is 131 Å². The molecular formula is C20H27NO8. The Kier molecular flexibility index (Phi) is 9.81. The van der Waals surface area contributed by atoms with Gasteiger partial charge in [0.15, 0.2) is 11.5 Å². The largest absolute Gasteiger partial charge is 0.462 e. The van der Waals surface area contributed by atoms with Crippen LogP contribution < -0.4 is 15.2 Å². The molecule has 0 spiro atoms. The van der Waals surface area contributed by atoms with E-state index < -0.39 is 36.0 Å². The summed E-state index contributed by atoms with van der Waals surface area (Å²) in [6.45, 7) is 6.04. The van der Waals surface area contributed by atoms with E-state index >= 15 is 0 Å². The molecule has 0 heterocycles. The fourth-order valence-electron chi connectivity index (χ4n) is 2.12. The van der Waals surface area contributed by atoms with Gasteiger partial charge in [-0.2, -0.15) is 0 Å². The lowest BCUT2D eigenvalue weighted by Gasteiger charge is -2.17. The summed E-state index contributed by atoms with van der Waals surface area (Å²) in [5.74, 6) is -1.95. The number of ether oxygens (including phenoxy) is 4. The third-order valence-electron chi connectivity index (χ3n) is 3.63. The minimum atomic E-state index is -0.992. The van der Waals surface area contributed by atoms with Gasteiger partial charge in [0.2, 0.25) is 0 Å². The van der Waals surface area contributed by atoms with Crippen molar-refractivity contribution in [2.45, 2.75) is 59.1 Å². The van der Waals surface area contributed by atoms with Crippen LogP contribution in [0, 0.1) is 0 Å². The molecule has 0 aliphatic carbocycles. The molecule has 9 nitrogen and oxygen atoms in total. The molecule has 2 atom stereocenters. The Morgan fingerprint density at radius 1 is 1.00 bits per heavy atom. The maximum absolute atomic E-state index is 12.1. The van der Waals surface area contributed by atoms with Gasteiger partial charge in [-0.1, -0.05) is 19.9 Å². The second-order valence-electron chi connectivity index (χ2n) is 6.30. The molecule has 0 unspecified atom stereocenters. The van der Waals surface area contributed by atoms with Crippen LogP contribution in [0.3, 0.4) is 0 Å². The lowest BCUT2D eigenvalue weighted by molar-refractivity contribution is -0.157. The van der Waals surface area contributed by atoms with Crippen LogP contribution in [-0.2, 0) is 35.1 Å². The van der Waals surface area contributed by atoms with E-state index in [2.05, 4.69) is 0 Å². The van der Waals surface area contributed by atoms with E-state index in [1.54, 1.807) is 26.8 Å². The number of hydrogen-bond donors (Lipinski definition) is 1. The minimum absolute atomic E-state index is 0.0671. The Morgan fingerprint density at radius 2 is 1.59 bits per heavy atom. The van der Waals surface area contributed by atoms with Gasteiger partial charge in [0.25, 0.3) is 0 Å². The first kappa shape index (κ1) is 24.1. The summed E-state index contributed by atoms with van der Waals surface area (Å²) < 4.78 is 20.3. The third-order valence-corrected chi connectivity index (χ3v) is 3.63. The summed E-state index contributed by atoms with van der Waals surface area (Å²) in [5.41, 5.74) is 6.48. The zero-order chi connectivity index (χ0) is 22.0. The number of carbonyl (C=O) groups excluding carboxylic acids is 4. The SMILES string of the molecule is CCC(=O)Oc1ccc(C[C@H](N)C(=O)O[C@H](C)COC(C)=O)cc1OC(=O)CC. The minimum Gasteiger partial charge on any atom is -0.462 e. The molecule has 0 radical (unpaired) electrons. The van der Waals surface area contributed by atoms with E-state index in [-0.39, 0.29) is 37.4 Å². The van der Waals surface area contributed by atoms with Gasteiger partial charge >= 0.3 is 23.9 Å². The molecule has 0 bridgehead atoms. The lowest BCUT2D eigenvalue weighted by Crippen LogP contribution is -2.37. The molecule has 1 aromatic carbocycles. The summed E-state index contributed by atoms with van der Waals surface area (Å²) in [6, 6.07) is 3.58. The summed E-state index contributed by atoms with van der Waals surface area (Å²) in [4.78, 5) is 46.1. The van der Waals surface area contributed by atoms with Crippen LogP contribution in [0.4, 0.5) is 0 Å². The van der Waals surface area contributed by atoms with Gasteiger partial charge < -0.3 is 24.7 Å². The van der Waals surface area contributed by atoms with Crippen LogP contribution in [0.2, 0.25) is 0 Å². The molecule has 1 aromatic rings. The zero-order valence-electron chi connectivity index (χ0n) is 17.1. The van der Waals surface area contributed by atoms with Crippen LogP contribution in [0.15, 0.2) is 18.2 Å². The van der Waals surface area contributed by atoms with Crippen molar-refractivity contribution >= 4 is 23.9 Å². The third kappa shape index (κ3) is 8.73. The van der Waals surface area contributed by atoms with Gasteiger partial charge in [0.1, 0.15) is 18.8 Å². The maximum atomic E-state index is 12.1. The Morgan fingerprint density at radius 3 is 2.14 bits per heavy atom. The molecule has 160 valence electrons. The summed E-state index contributed by atoms with van der Waals surface area (Å²) in [7, 11) is 0. The zero-order valence-corrected chi connectivity index (χ0v) is 17.1. The molecule has 1 rings (SSSR count). The average Bonchev–Trinajstić information content (AvgIpc) is 2.67. The number of benzene rings is 1. The summed E-state index contributed by atoms with van der Waals surface area (Å²) in [5, 5.41) is 0. The highest BCUT2D eigenvalue weighted by Crippen LogP contribution is 2.29. The van der Waals surface area contributed by atoms with E-state index in [0.717, 1.165) is 0 Å². The molecule has 2 N–H and O–H groups in total. The van der Waals surface area contributed by atoms with Crippen LogP contribution in [0.25, 0.3) is 0 Å². The second-order valence-corrected chi connectivity index (χ2v) is 6.30. The van der Waals surface area contributed by atoms with Crippen LogP contribution >= 0.6 is 0 Å².